The Morgan fingerprint density at radius 3 is 3.08 bits per heavy atom. The molecule has 2 unspecified atom stereocenters. The van der Waals surface area contributed by atoms with Crippen LogP contribution in [0.25, 0.3) is 5.65 Å². The lowest BCUT2D eigenvalue weighted by Gasteiger charge is -2.37. The van der Waals surface area contributed by atoms with E-state index in [-0.39, 0.29) is 17.5 Å². The summed E-state index contributed by atoms with van der Waals surface area (Å²) in [6, 6.07) is 4.35. The second-order valence-electron chi connectivity index (χ2n) is 7.15. The second-order valence-corrected chi connectivity index (χ2v) is 9.33. The molecule has 4 heterocycles. The van der Waals surface area contributed by atoms with Crippen LogP contribution in [0.2, 0.25) is 0 Å². The number of hydrogen-bond acceptors (Lipinski definition) is 5. The van der Waals surface area contributed by atoms with Gasteiger partial charge in [0.1, 0.15) is 5.65 Å². The fraction of sp³-hybridized carbons (Fsp3) is 0.588. The number of rotatable bonds is 3. The van der Waals surface area contributed by atoms with Crippen LogP contribution in [0, 0.1) is 6.92 Å². The summed E-state index contributed by atoms with van der Waals surface area (Å²) in [5.41, 5.74) is 2.68. The molecule has 0 aliphatic carbocycles. The normalized spacial score (nSPS) is 29.5. The van der Waals surface area contributed by atoms with Crippen molar-refractivity contribution in [3.8, 4) is 0 Å². The molecular weight excluding hydrogens is 326 g/mol. The van der Waals surface area contributed by atoms with E-state index < -0.39 is 15.4 Å². The lowest BCUT2D eigenvalue weighted by molar-refractivity contribution is -0.0706. The summed E-state index contributed by atoms with van der Waals surface area (Å²) in [6.07, 6.45) is 6.41. The van der Waals surface area contributed by atoms with Crippen LogP contribution < -0.4 is 5.32 Å². The standard InChI is InChI=1S/C17H23N3O3S/c1-13-2-3-16-19-15(11-20(16)10-13)9-18-14-4-6-23-17(8-14)5-7-24(21,22)12-17/h2-3,10-11,14,18H,4-9,12H2,1H3. The minimum atomic E-state index is -2.93. The third kappa shape index (κ3) is 3.20. The molecule has 2 saturated heterocycles. The first-order valence-corrected chi connectivity index (χ1v) is 10.3. The highest BCUT2D eigenvalue weighted by molar-refractivity contribution is 7.91. The summed E-state index contributed by atoms with van der Waals surface area (Å²) in [6.45, 7) is 3.38. The highest BCUT2D eigenvalue weighted by Gasteiger charge is 2.46. The van der Waals surface area contributed by atoms with Crippen LogP contribution in [-0.4, -0.2) is 47.6 Å². The maximum Gasteiger partial charge on any atom is 0.153 e. The minimum Gasteiger partial charge on any atom is -0.374 e. The number of pyridine rings is 1. The van der Waals surface area contributed by atoms with Crippen molar-refractivity contribution >= 4 is 15.5 Å². The van der Waals surface area contributed by atoms with Crippen molar-refractivity contribution in [3.63, 3.8) is 0 Å². The predicted octanol–water partition coefficient (Wildman–Crippen LogP) is 1.47. The largest absolute Gasteiger partial charge is 0.374 e. The number of imidazole rings is 1. The second kappa shape index (κ2) is 5.82. The summed E-state index contributed by atoms with van der Waals surface area (Å²) in [5.74, 6) is 0.428. The van der Waals surface area contributed by atoms with E-state index in [1.807, 2.05) is 16.7 Å². The molecule has 1 N–H and O–H groups in total. The van der Waals surface area contributed by atoms with Gasteiger partial charge in [-0.15, -0.1) is 0 Å². The Hall–Kier alpha value is -1.44. The lowest BCUT2D eigenvalue weighted by atomic mass is 9.90. The molecule has 2 fully saturated rings. The topological polar surface area (TPSA) is 72.7 Å². The number of fused-ring (bicyclic) bond motifs is 1. The molecule has 0 amide bonds. The van der Waals surface area contributed by atoms with E-state index >= 15 is 0 Å². The number of aromatic nitrogens is 2. The molecule has 7 heteroatoms. The first kappa shape index (κ1) is 16.1. The highest BCUT2D eigenvalue weighted by Crippen LogP contribution is 2.35. The summed E-state index contributed by atoms with van der Waals surface area (Å²) in [7, 11) is -2.93. The van der Waals surface area contributed by atoms with Crippen molar-refractivity contribution in [3.05, 3.63) is 35.8 Å². The zero-order valence-corrected chi connectivity index (χ0v) is 14.7. The van der Waals surface area contributed by atoms with Crippen LogP contribution in [0.3, 0.4) is 0 Å². The van der Waals surface area contributed by atoms with E-state index in [0.29, 0.717) is 19.6 Å². The van der Waals surface area contributed by atoms with Gasteiger partial charge in [-0.3, -0.25) is 0 Å². The highest BCUT2D eigenvalue weighted by atomic mass is 32.2. The fourth-order valence-electron chi connectivity index (χ4n) is 3.85. The van der Waals surface area contributed by atoms with E-state index in [1.54, 1.807) is 0 Å². The fourth-order valence-corrected chi connectivity index (χ4v) is 5.83. The molecule has 2 aliphatic rings. The van der Waals surface area contributed by atoms with Gasteiger partial charge in [-0.25, -0.2) is 13.4 Å². The monoisotopic (exact) mass is 349 g/mol. The van der Waals surface area contributed by atoms with E-state index in [9.17, 15) is 8.42 Å². The van der Waals surface area contributed by atoms with Gasteiger partial charge in [0.05, 0.1) is 22.8 Å². The van der Waals surface area contributed by atoms with Gasteiger partial charge in [0.15, 0.2) is 9.84 Å². The Labute approximate surface area is 142 Å². The third-order valence-electron chi connectivity index (χ3n) is 5.07. The molecule has 1 spiro atoms. The van der Waals surface area contributed by atoms with Gasteiger partial charge in [0.25, 0.3) is 0 Å². The molecule has 24 heavy (non-hydrogen) atoms. The van der Waals surface area contributed by atoms with E-state index in [0.717, 1.165) is 24.2 Å². The quantitative estimate of drug-likeness (QED) is 0.908. The van der Waals surface area contributed by atoms with E-state index in [2.05, 4.69) is 29.5 Å². The van der Waals surface area contributed by atoms with Gasteiger partial charge in [-0.1, -0.05) is 6.07 Å². The zero-order chi connectivity index (χ0) is 16.8. The first-order valence-electron chi connectivity index (χ1n) is 8.45. The summed E-state index contributed by atoms with van der Waals surface area (Å²) in [4.78, 5) is 4.62. The summed E-state index contributed by atoms with van der Waals surface area (Å²) in [5, 5.41) is 3.54. The number of nitrogens with zero attached hydrogens (tertiary/aromatic N) is 2. The van der Waals surface area contributed by atoms with Crippen LogP contribution in [0.4, 0.5) is 0 Å². The van der Waals surface area contributed by atoms with Crippen molar-refractivity contribution in [2.24, 2.45) is 0 Å². The Morgan fingerprint density at radius 1 is 1.42 bits per heavy atom. The Morgan fingerprint density at radius 2 is 2.29 bits per heavy atom. The minimum absolute atomic E-state index is 0.172. The number of ether oxygens (including phenoxy) is 1. The van der Waals surface area contributed by atoms with Crippen LogP contribution >= 0.6 is 0 Å². The predicted molar refractivity (Wildman–Crippen MR) is 91.7 cm³/mol. The van der Waals surface area contributed by atoms with Crippen molar-refractivity contribution in [2.75, 3.05) is 18.1 Å². The summed E-state index contributed by atoms with van der Waals surface area (Å²) < 4.78 is 31.5. The number of hydrogen-bond donors (Lipinski definition) is 1. The van der Waals surface area contributed by atoms with Crippen LogP contribution in [-0.2, 0) is 21.1 Å². The van der Waals surface area contributed by atoms with Crippen molar-refractivity contribution in [2.45, 2.75) is 44.4 Å². The lowest BCUT2D eigenvalue weighted by Crippen LogP contribution is -2.47. The van der Waals surface area contributed by atoms with Crippen molar-refractivity contribution in [1.82, 2.24) is 14.7 Å². The van der Waals surface area contributed by atoms with Crippen molar-refractivity contribution < 1.29 is 13.2 Å². The van der Waals surface area contributed by atoms with E-state index in [4.69, 9.17) is 4.74 Å². The molecular formula is C17H23N3O3S. The molecule has 0 saturated carbocycles. The molecule has 2 atom stereocenters. The number of aryl methyl sites for hydroxylation is 1. The molecule has 130 valence electrons. The molecule has 0 bridgehead atoms. The SMILES string of the molecule is Cc1ccc2nc(CNC3CCOC4(CCS(=O)(=O)C4)C3)cn2c1. The molecule has 0 aromatic carbocycles. The molecule has 4 rings (SSSR count). The Bertz CT molecular complexity index is 861. The molecule has 2 aromatic heterocycles. The Balaban J connectivity index is 1.41. The van der Waals surface area contributed by atoms with Crippen LogP contribution in [0.1, 0.15) is 30.5 Å². The average Bonchev–Trinajstić information content (AvgIpc) is 3.05. The van der Waals surface area contributed by atoms with Gasteiger partial charge in [0.2, 0.25) is 0 Å². The molecule has 2 aliphatic heterocycles. The average molecular weight is 349 g/mol. The van der Waals surface area contributed by atoms with Crippen molar-refractivity contribution in [1.29, 1.82) is 0 Å². The zero-order valence-electron chi connectivity index (χ0n) is 13.9. The van der Waals surface area contributed by atoms with E-state index in [1.165, 1.54) is 5.56 Å². The van der Waals surface area contributed by atoms with Gasteiger partial charge < -0.3 is 14.5 Å². The van der Waals surface area contributed by atoms with Gasteiger partial charge in [-0.2, -0.15) is 0 Å². The first-order chi connectivity index (χ1) is 11.4. The number of sulfone groups is 1. The third-order valence-corrected chi connectivity index (χ3v) is 6.86. The Kier molecular flexibility index (Phi) is 3.89. The van der Waals surface area contributed by atoms with Gasteiger partial charge in [-0.05, 0) is 37.8 Å². The van der Waals surface area contributed by atoms with Gasteiger partial charge >= 0.3 is 0 Å². The molecule has 6 nitrogen and oxygen atoms in total. The van der Waals surface area contributed by atoms with Gasteiger partial charge in [0, 0.05) is 31.6 Å². The molecule has 0 radical (unpaired) electrons. The maximum atomic E-state index is 11.8. The maximum absolute atomic E-state index is 11.8. The smallest absolute Gasteiger partial charge is 0.153 e. The van der Waals surface area contributed by atoms with Crippen LogP contribution in [0.15, 0.2) is 24.5 Å². The summed E-state index contributed by atoms with van der Waals surface area (Å²) >= 11 is 0. The molecule has 2 aromatic rings. The number of nitrogens with one attached hydrogen (secondary N) is 1. The van der Waals surface area contributed by atoms with Crippen LogP contribution in [0.5, 0.6) is 0 Å².